The van der Waals surface area contributed by atoms with Gasteiger partial charge in [0.25, 0.3) is 5.91 Å². The molecule has 3 atom stereocenters. The van der Waals surface area contributed by atoms with E-state index < -0.39 is 0 Å². The van der Waals surface area contributed by atoms with Crippen molar-refractivity contribution in [1.29, 1.82) is 0 Å². The Bertz CT molecular complexity index is 286. The van der Waals surface area contributed by atoms with Gasteiger partial charge in [0.05, 0.1) is 18.8 Å². The molecule has 0 N–H and O–H groups in total. The molecule has 3 aliphatic rings. The molecule has 1 aliphatic carbocycles. The maximum atomic E-state index is 12.4. The van der Waals surface area contributed by atoms with Crippen LogP contribution in [0.4, 0.5) is 0 Å². The van der Waals surface area contributed by atoms with E-state index >= 15 is 0 Å². The SMILES string of the molecule is O=C([C@H]1CCCO1)N1CCO[C@H]2CCCC[C@@H]21. The minimum atomic E-state index is -0.171. The normalized spacial score (nSPS) is 37.9. The number of morpholine rings is 1. The Morgan fingerprint density at radius 1 is 1.00 bits per heavy atom. The first-order valence-corrected chi connectivity index (χ1v) is 6.90. The summed E-state index contributed by atoms with van der Waals surface area (Å²) in [6.45, 7) is 2.19. The molecule has 2 aliphatic heterocycles. The van der Waals surface area contributed by atoms with Crippen LogP contribution in [0.3, 0.4) is 0 Å². The molecule has 0 aromatic heterocycles. The molecule has 0 radical (unpaired) electrons. The third-order valence-corrected chi connectivity index (χ3v) is 4.22. The summed E-state index contributed by atoms with van der Waals surface area (Å²) in [5, 5.41) is 0. The Hall–Kier alpha value is -0.610. The highest BCUT2D eigenvalue weighted by Gasteiger charge is 2.39. The van der Waals surface area contributed by atoms with Crippen molar-refractivity contribution in [2.24, 2.45) is 0 Å². The van der Waals surface area contributed by atoms with Gasteiger partial charge in [0.15, 0.2) is 0 Å². The average molecular weight is 239 g/mol. The molecule has 0 aromatic rings. The van der Waals surface area contributed by atoms with Crippen LogP contribution in [0.5, 0.6) is 0 Å². The van der Waals surface area contributed by atoms with Crippen LogP contribution < -0.4 is 0 Å². The fourth-order valence-corrected chi connectivity index (χ4v) is 3.33. The van der Waals surface area contributed by atoms with Crippen molar-refractivity contribution in [2.45, 2.75) is 56.8 Å². The number of hydrogen-bond donors (Lipinski definition) is 0. The molecule has 2 saturated heterocycles. The molecule has 1 amide bonds. The van der Waals surface area contributed by atoms with E-state index in [0.717, 1.165) is 38.8 Å². The van der Waals surface area contributed by atoms with E-state index in [1.54, 1.807) is 0 Å². The Balaban J connectivity index is 1.69. The third kappa shape index (κ3) is 2.20. The number of amides is 1. The quantitative estimate of drug-likeness (QED) is 0.693. The second kappa shape index (κ2) is 4.94. The first kappa shape index (κ1) is 11.5. The molecule has 0 aromatic carbocycles. The topological polar surface area (TPSA) is 38.8 Å². The summed E-state index contributed by atoms with van der Waals surface area (Å²) < 4.78 is 11.3. The number of nitrogens with zero attached hydrogens (tertiary/aromatic N) is 1. The summed E-state index contributed by atoms with van der Waals surface area (Å²) in [5.74, 6) is 0.211. The summed E-state index contributed by atoms with van der Waals surface area (Å²) in [6.07, 6.45) is 6.70. The van der Waals surface area contributed by atoms with E-state index in [1.807, 2.05) is 4.90 Å². The number of ether oxygens (including phenoxy) is 2. The van der Waals surface area contributed by atoms with Crippen LogP contribution in [0.1, 0.15) is 38.5 Å². The van der Waals surface area contributed by atoms with Gasteiger partial charge in [0, 0.05) is 13.2 Å². The van der Waals surface area contributed by atoms with E-state index in [2.05, 4.69) is 0 Å². The van der Waals surface area contributed by atoms with Gasteiger partial charge >= 0.3 is 0 Å². The van der Waals surface area contributed by atoms with Crippen molar-refractivity contribution in [3.05, 3.63) is 0 Å². The largest absolute Gasteiger partial charge is 0.374 e. The Morgan fingerprint density at radius 2 is 1.88 bits per heavy atom. The van der Waals surface area contributed by atoms with E-state index in [-0.39, 0.29) is 18.1 Å². The van der Waals surface area contributed by atoms with Gasteiger partial charge in [-0.1, -0.05) is 12.8 Å². The fraction of sp³-hybridized carbons (Fsp3) is 0.923. The second-order valence-corrected chi connectivity index (χ2v) is 5.29. The first-order chi connectivity index (χ1) is 8.36. The molecule has 4 heteroatoms. The van der Waals surface area contributed by atoms with E-state index in [1.165, 1.54) is 12.8 Å². The zero-order valence-corrected chi connectivity index (χ0v) is 10.3. The summed E-state index contributed by atoms with van der Waals surface area (Å²) in [5.41, 5.74) is 0. The Morgan fingerprint density at radius 3 is 2.71 bits per heavy atom. The highest BCUT2D eigenvalue weighted by Crippen LogP contribution is 2.29. The zero-order chi connectivity index (χ0) is 11.7. The first-order valence-electron chi connectivity index (χ1n) is 6.90. The predicted octanol–water partition coefficient (Wildman–Crippen LogP) is 1.34. The average Bonchev–Trinajstić information content (AvgIpc) is 2.91. The van der Waals surface area contributed by atoms with Crippen molar-refractivity contribution in [3.8, 4) is 0 Å². The van der Waals surface area contributed by atoms with E-state index in [4.69, 9.17) is 9.47 Å². The number of carbonyl (C=O) groups excluding carboxylic acids is 1. The predicted molar refractivity (Wildman–Crippen MR) is 62.7 cm³/mol. The van der Waals surface area contributed by atoms with Gasteiger partial charge in [-0.3, -0.25) is 4.79 Å². The minimum Gasteiger partial charge on any atom is -0.374 e. The summed E-state index contributed by atoms with van der Waals surface area (Å²) in [7, 11) is 0. The highest BCUT2D eigenvalue weighted by molar-refractivity contribution is 5.81. The van der Waals surface area contributed by atoms with Crippen LogP contribution in [-0.2, 0) is 14.3 Å². The molecule has 2 heterocycles. The van der Waals surface area contributed by atoms with Crippen LogP contribution in [0.15, 0.2) is 0 Å². The van der Waals surface area contributed by atoms with Gasteiger partial charge in [0.2, 0.25) is 0 Å². The van der Waals surface area contributed by atoms with Gasteiger partial charge in [0.1, 0.15) is 6.10 Å². The number of rotatable bonds is 1. The lowest BCUT2D eigenvalue weighted by Crippen LogP contribution is -2.57. The standard InChI is InChI=1S/C13H21NO3/c15-13(12-6-3-8-16-12)14-7-9-17-11-5-2-1-4-10(11)14/h10-12H,1-9H2/t10-,11-,12+/m0/s1. The van der Waals surface area contributed by atoms with Crippen molar-refractivity contribution in [2.75, 3.05) is 19.8 Å². The van der Waals surface area contributed by atoms with Crippen molar-refractivity contribution < 1.29 is 14.3 Å². The fourth-order valence-electron chi connectivity index (χ4n) is 3.33. The zero-order valence-electron chi connectivity index (χ0n) is 10.3. The maximum absolute atomic E-state index is 12.4. The molecular formula is C13H21NO3. The van der Waals surface area contributed by atoms with Gasteiger partial charge in [-0.2, -0.15) is 0 Å². The molecular weight excluding hydrogens is 218 g/mol. The molecule has 0 bridgehead atoms. The Labute approximate surface area is 102 Å². The van der Waals surface area contributed by atoms with Crippen molar-refractivity contribution in [3.63, 3.8) is 0 Å². The van der Waals surface area contributed by atoms with Crippen LogP contribution >= 0.6 is 0 Å². The lowest BCUT2D eigenvalue weighted by atomic mass is 9.90. The van der Waals surface area contributed by atoms with Crippen LogP contribution in [0.25, 0.3) is 0 Å². The lowest BCUT2D eigenvalue weighted by Gasteiger charge is -2.44. The molecule has 96 valence electrons. The number of carbonyl (C=O) groups is 1. The summed E-state index contributed by atoms with van der Waals surface area (Å²) >= 11 is 0. The number of hydrogen-bond acceptors (Lipinski definition) is 3. The van der Waals surface area contributed by atoms with Crippen LogP contribution in [0, 0.1) is 0 Å². The molecule has 4 nitrogen and oxygen atoms in total. The highest BCUT2D eigenvalue weighted by atomic mass is 16.5. The van der Waals surface area contributed by atoms with Crippen molar-refractivity contribution in [1.82, 2.24) is 4.90 Å². The van der Waals surface area contributed by atoms with E-state index in [9.17, 15) is 4.79 Å². The van der Waals surface area contributed by atoms with Crippen molar-refractivity contribution >= 4 is 5.91 Å². The van der Waals surface area contributed by atoms with Crippen LogP contribution in [-0.4, -0.2) is 48.8 Å². The van der Waals surface area contributed by atoms with Gasteiger partial charge < -0.3 is 14.4 Å². The molecule has 17 heavy (non-hydrogen) atoms. The van der Waals surface area contributed by atoms with Crippen LogP contribution in [0.2, 0.25) is 0 Å². The Kier molecular flexibility index (Phi) is 3.34. The van der Waals surface area contributed by atoms with E-state index in [0.29, 0.717) is 12.6 Å². The monoisotopic (exact) mass is 239 g/mol. The maximum Gasteiger partial charge on any atom is 0.252 e. The van der Waals surface area contributed by atoms with Gasteiger partial charge in [-0.15, -0.1) is 0 Å². The summed E-state index contributed by atoms with van der Waals surface area (Å²) in [6, 6.07) is 0.314. The molecule has 0 spiro atoms. The van der Waals surface area contributed by atoms with Gasteiger partial charge in [-0.05, 0) is 25.7 Å². The molecule has 3 rings (SSSR count). The minimum absolute atomic E-state index is 0.171. The molecule has 1 saturated carbocycles. The smallest absolute Gasteiger partial charge is 0.252 e. The molecule has 3 fully saturated rings. The summed E-state index contributed by atoms with van der Waals surface area (Å²) in [4.78, 5) is 14.4. The van der Waals surface area contributed by atoms with Gasteiger partial charge in [-0.25, -0.2) is 0 Å². The second-order valence-electron chi connectivity index (χ2n) is 5.29. The lowest BCUT2D eigenvalue weighted by molar-refractivity contribution is -0.158. The molecule has 0 unspecified atom stereocenters. The third-order valence-electron chi connectivity index (χ3n) is 4.22. The number of fused-ring (bicyclic) bond motifs is 1.